The molecular weight excluding hydrogens is 346 g/mol. The zero-order valence-corrected chi connectivity index (χ0v) is 16.4. The lowest BCUT2D eigenvalue weighted by molar-refractivity contribution is -0.114. The summed E-state index contributed by atoms with van der Waals surface area (Å²) in [5.41, 5.74) is 11.9. The zero-order valence-electron chi connectivity index (χ0n) is 16.4. The van der Waals surface area contributed by atoms with Crippen molar-refractivity contribution in [2.75, 3.05) is 43.4 Å². The lowest BCUT2D eigenvalue weighted by Crippen LogP contribution is -2.46. The first-order valence-corrected chi connectivity index (χ1v) is 10.3. The van der Waals surface area contributed by atoms with Gasteiger partial charge in [-0.1, -0.05) is 30.3 Å². The standard InChI is InChI=1S/C24H29N3O/c25-24-12-9-19-18-21(28)10-11-22(19)23(24)8-4-5-13-26-14-16-27(17-15-26)20-6-2-1-3-7-20/h1-3,6-7,9-12H,4-5,8,13-18,25H2. The normalized spacial score (nSPS) is 17.0. The lowest BCUT2D eigenvalue weighted by atomic mass is 9.89. The number of carbonyl (C=O) groups excluding carboxylic acids is 1. The first-order valence-electron chi connectivity index (χ1n) is 10.3. The van der Waals surface area contributed by atoms with Gasteiger partial charge in [-0.15, -0.1) is 0 Å². The minimum Gasteiger partial charge on any atom is -0.398 e. The molecule has 0 saturated carbocycles. The summed E-state index contributed by atoms with van der Waals surface area (Å²) in [5.74, 6) is 0.179. The van der Waals surface area contributed by atoms with Crippen molar-refractivity contribution in [2.45, 2.75) is 25.7 Å². The second-order valence-electron chi connectivity index (χ2n) is 7.80. The van der Waals surface area contributed by atoms with E-state index in [1.165, 1.54) is 23.2 Å². The molecule has 2 N–H and O–H groups in total. The van der Waals surface area contributed by atoms with Crippen LogP contribution in [0.2, 0.25) is 0 Å². The molecular formula is C24H29N3O. The van der Waals surface area contributed by atoms with E-state index in [2.05, 4.69) is 40.1 Å². The van der Waals surface area contributed by atoms with Crippen LogP contribution in [0.25, 0.3) is 6.08 Å². The molecule has 0 atom stereocenters. The SMILES string of the molecule is Nc1ccc2c(c1CCCCN1CCN(c3ccccc3)CC1)C=CC(=O)C2. The number of hydrogen-bond acceptors (Lipinski definition) is 4. The molecule has 4 nitrogen and oxygen atoms in total. The Bertz CT molecular complexity index is 852. The van der Waals surface area contributed by atoms with Gasteiger partial charge in [0.2, 0.25) is 0 Å². The first-order chi connectivity index (χ1) is 13.7. The number of hydrogen-bond donors (Lipinski definition) is 1. The van der Waals surface area contributed by atoms with E-state index in [-0.39, 0.29) is 5.78 Å². The largest absolute Gasteiger partial charge is 0.398 e. The van der Waals surface area contributed by atoms with Gasteiger partial charge < -0.3 is 10.6 Å². The van der Waals surface area contributed by atoms with E-state index in [1.54, 1.807) is 6.08 Å². The van der Waals surface area contributed by atoms with Crippen LogP contribution in [-0.4, -0.2) is 43.4 Å². The lowest BCUT2D eigenvalue weighted by Gasteiger charge is -2.36. The number of para-hydroxylation sites is 1. The van der Waals surface area contributed by atoms with Gasteiger partial charge in [-0.25, -0.2) is 0 Å². The number of anilines is 2. The molecule has 146 valence electrons. The molecule has 0 bridgehead atoms. The number of allylic oxidation sites excluding steroid dienone is 1. The fourth-order valence-corrected chi connectivity index (χ4v) is 4.30. The molecule has 1 aliphatic carbocycles. The van der Waals surface area contributed by atoms with Crippen LogP contribution in [0, 0.1) is 0 Å². The van der Waals surface area contributed by atoms with Gasteiger partial charge in [0.1, 0.15) is 0 Å². The third-order valence-electron chi connectivity index (χ3n) is 5.93. The van der Waals surface area contributed by atoms with Crippen LogP contribution in [0.1, 0.15) is 29.5 Å². The predicted molar refractivity (Wildman–Crippen MR) is 117 cm³/mol. The molecule has 0 radical (unpaired) electrons. The van der Waals surface area contributed by atoms with E-state index in [4.69, 9.17) is 5.73 Å². The number of rotatable bonds is 6. The van der Waals surface area contributed by atoms with Gasteiger partial charge in [-0.2, -0.15) is 0 Å². The molecule has 4 rings (SSSR count). The van der Waals surface area contributed by atoms with E-state index in [9.17, 15) is 4.79 Å². The quantitative estimate of drug-likeness (QED) is 0.620. The maximum Gasteiger partial charge on any atom is 0.160 e. The molecule has 0 amide bonds. The fourth-order valence-electron chi connectivity index (χ4n) is 4.30. The van der Waals surface area contributed by atoms with E-state index in [0.29, 0.717) is 6.42 Å². The molecule has 4 heteroatoms. The molecule has 28 heavy (non-hydrogen) atoms. The molecule has 1 saturated heterocycles. The van der Waals surface area contributed by atoms with Crippen molar-refractivity contribution in [2.24, 2.45) is 0 Å². The Kier molecular flexibility index (Phi) is 5.77. The van der Waals surface area contributed by atoms with Gasteiger partial charge in [0.15, 0.2) is 5.78 Å². The second kappa shape index (κ2) is 8.61. The van der Waals surface area contributed by atoms with Crippen LogP contribution in [0.4, 0.5) is 11.4 Å². The first kappa shape index (κ1) is 18.8. The summed E-state index contributed by atoms with van der Waals surface area (Å²) < 4.78 is 0. The minimum absolute atomic E-state index is 0.179. The van der Waals surface area contributed by atoms with Gasteiger partial charge in [-0.3, -0.25) is 9.69 Å². The van der Waals surface area contributed by atoms with Crippen molar-refractivity contribution in [3.63, 3.8) is 0 Å². The summed E-state index contributed by atoms with van der Waals surface area (Å²) in [7, 11) is 0. The molecule has 0 spiro atoms. The van der Waals surface area contributed by atoms with E-state index >= 15 is 0 Å². The number of ketones is 1. The second-order valence-corrected chi connectivity index (χ2v) is 7.80. The Balaban J connectivity index is 1.25. The Morgan fingerprint density at radius 3 is 2.46 bits per heavy atom. The van der Waals surface area contributed by atoms with Crippen molar-refractivity contribution >= 4 is 23.2 Å². The maximum atomic E-state index is 11.6. The average Bonchev–Trinajstić information content (AvgIpc) is 2.73. The highest BCUT2D eigenvalue weighted by atomic mass is 16.1. The highest BCUT2D eigenvalue weighted by Gasteiger charge is 2.18. The van der Waals surface area contributed by atoms with Gasteiger partial charge in [0, 0.05) is 44.0 Å². The van der Waals surface area contributed by atoms with Crippen LogP contribution in [0.15, 0.2) is 48.5 Å². The maximum absolute atomic E-state index is 11.6. The number of unbranched alkanes of at least 4 members (excludes halogenated alkanes) is 1. The van der Waals surface area contributed by atoms with Crippen LogP contribution in [-0.2, 0) is 17.6 Å². The summed E-state index contributed by atoms with van der Waals surface area (Å²) in [4.78, 5) is 16.7. The molecule has 0 aromatic heterocycles. The minimum atomic E-state index is 0.179. The number of nitrogens with zero attached hydrogens (tertiary/aromatic N) is 2. The topological polar surface area (TPSA) is 49.6 Å². The van der Waals surface area contributed by atoms with Crippen LogP contribution >= 0.6 is 0 Å². The number of benzene rings is 2. The molecule has 2 aromatic rings. The molecule has 2 aliphatic rings. The smallest absolute Gasteiger partial charge is 0.160 e. The van der Waals surface area contributed by atoms with Gasteiger partial charge in [0.05, 0.1) is 0 Å². The van der Waals surface area contributed by atoms with Crippen LogP contribution in [0.3, 0.4) is 0 Å². The molecule has 1 fully saturated rings. The van der Waals surface area contributed by atoms with Crippen molar-refractivity contribution in [1.29, 1.82) is 0 Å². The Labute approximate surface area is 167 Å². The number of carbonyl (C=O) groups is 1. The highest BCUT2D eigenvalue weighted by molar-refractivity contribution is 5.99. The fraction of sp³-hybridized carbons (Fsp3) is 0.375. The Morgan fingerprint density at radius 2 is 1.68 bits per heavy atom. The zero-order chi connectivity index (χ0) is 19.3. The van der Waals surface area contributed by atoms with Crippen molar-refractivity contribution in [3.8, 4) is 0 Å². The number of nitrogens with two attached hydrogens (primary N) is 1. The van der Waals surface area contributed by atoms with E-state index < -0.39 is 0 Å². The van der Waals surface area contributed by atoms with Crippen LogP contribution < -0.4 is 10.6 Å². The molecule has 0 unspecified atom stereocenters. The average molecular weight is 376 g/mol. The van der Waals surface area contributed by atoms with E-state index in [1.807, 2.05) is 18.2 Å². The Morgan fingerprint density at radius 1 is 0.893 bits per heavy atom. The molecule has 1 heterocycles. The van der Waals surface area contributed by atoms with Gasteiger partial charge in [0.25, 0.3) is 0 Å². The summed E-state index contributed by atoms with van der Waals surface area (Å²) in [6.07, 6.45) is 7.44. The third-order valence-corrected chi connectivity index (χ3v) is 5.93. The number of fused-ring (bicyclic) bond motifs is 1. The van der Waals surface area contributed by atoms with E-state index in [0.717, 1.165) is 56.8 Å². The summed E-state index contributed by atoms with van der Waals surface area (Å²) in [6, 6.07) is 14.7. The van der Waals surface area contributed by atoms with Crippen molar-refractivity contribution in [3.05, 3.63) is 65.2 Å². The van der Waals surface area contributed by atoms with Crippen LogP contribution in [0.5, 0.6) is 0 Å². The van der Waals surface area contributed by atoms with Gasteiger partial charge >= 0.3 is 0 Å². The van der Waals surface area contributed by atoms with Crippen molar-refractivity contribution < 1.29 is 4.79 Å². The molecule has 2 aromatic carbocycles. The van der Waals surface area contributed by atoms with Crippen molar-refractivity contribution in [1.82, 2.24) is 4.90 Å². The van der Waals surface area contributed by atoms with Gasteiger partial charge in [-0.05, 0) is 66.8 Å². The summed E-state index contributed by atoms with van der Waals surface area (Å²) in [5, 5.41) is 0. The Hall–Kier alpha value is -2.59. The summed E-state index contributed by atoms with van der Waals surface area (Å²) >= 11 is 0. The summed E-state index contributed by atoms with van der Waals surface area (Å²) in [6.45, 7) is 5.60. The number of nitrogen functional groups attached to an aromatic ring is 1. The number of piperazine rings is 1. The third kappa shape index (κ3) is 4.28. The predicted octanol–water partition coefficient (Wildman–Crippen LogP) is 3.55. The highest BCUT2D eigenvalue weighted by Crippen LogP contribution is 2.28. The monoisotopic (exact) mass is 375 g/mol. The molecule has 1 aliphatic heterocycles.